The standard InChI is InChI=1S/C13H12F3NO2/c1-7(12(18)19)4-10-6-8-5-9(13(14,15)16)2-3-11(8)17-10/h2-3,5-7,17H,4H2,1H3,(H,18,19). The van der Waals surface area contributed by atoms with Gasteiger partial charge in [0.2, 0.25) is 0 Å². The van der Waals surface area contributed by atoms with Gasteiger partial charge in [-0.1, -0.05) is 6.92 Å². The average Bonchev–Trinajstić information content (AvgIpc) is 2.68. The van der Waals surface area contributed by atoms with Gasteiger partial charge in [0.25, 0.3) is 0 Å². The third-order valence-corrected chi connectivity index (χ3v) is 2.95. The van der Waals surface area contributed by atoms with Crippen molar-refractivity contribution in [2.24, 2.45) is 5.92 Å². The molecule has 0 aliphatic carbocycles. The molecule has 2 aromatic rings. The molecular weight excluding hydrogens is 259 g/mol. The Morgan fingerprint density at radius 2 is 2.05 bits per heavy atom. The lowest BCUT2D eigenvalue weighted by atomic mass is 10.1. The van der Waals surface area contributed by atoms with Crippen LogP contribution in [0.4, 0.5) is 13.2 Å². The van der Waals surface area contributed by atoms with Gasteiger partial charge in [-0.05, 0) is 24.3 Å². The van der Waals surface area contributed by atoms with Gasteiger partial charge in [0.05, 0.1) is 11.5 Å². The molecule has 0 bridgehead atoms. The minimum absolute atomic E-state index is 0.255. The molecule has 1 aromatic heterocycles. The number of benzene rings is 1. The number of nitrogens with one attached hydrogen (secondary N) is 1. The zero-order valence-corrected chi connectivity index (χ0v) is 10.1. The number of H-pyrrole nitrogens is 1. The van der Waals surface area contributed by atoms with E-state index in [2.05, 4.69) is 4.98 Å². The summed E-state index contributed by atoms with van der Waals surface area (Å²) >= 11 is 0. The maximum atomic E-state index is 12.6. The molecule has 1 heterocycles. The van der Waals surface area contributed by atoms with Crippen LogP contribution in [0.15, 0.2) is 24.3 Å². The van der Waals surface area contributed by atoms with Crippen molar-refractivity contribution in [2.45, 2.75) is 19.5 Å². The van der Waals surface area contributed by atoms with E-state index in [4.69, 9.17) is 5.11 Å². The number of alkyl halides is 3. The lowest BCUT2D eigenvalue weighted by Gasteiger charge is -2.05. The van der Waals surface area contributed by atoms with Gasteiger partial charge in [0, 0.05) is 23.0 Å². The number of carboxylic acids is 1. The van der Waals surface area contributed by atoms with Crippen LogP contribution in [0.5, 0.6) is 0 Å². The molecule has 19 heavy (non-hydrogen) atoms. The molecule has 0 aliphatic heterocycles. The Morgan fingerprint density at radius 3 is 2.63 bits per heavy atom. The fraction of sp³-hybridized carbons (Fsp3) is 0.308. The highest BCUT2D eigenvalue weighted by Crippen LogP contribution is 2.31. The third-order valence-electron chi connectivity index (χ3n) is 2.95. The van der Waals surface area contributed by atoms with E-state index in [1.54, 1.807) is 13.0 Å². The number of aromatic nitrogens is 1. The third kappa shape index (κ3) is 2.89. The average molecular weight is 271 g/mol. The number of hydrogen-bond acceptors (Lipinski definition) is 1. The van der Waals surface area contributed by atoms with Gasteiger partial charge in [0.15, 0.2) is 0 Å². The van der Waals surface area contributed by atoms with Crippen LogP contribution < -0.4 is 0 Å². The van der Waals surface area contributed by atoms with E-state index in [1.165, 1.54) is 6.07 Å². The molecule has 0 radical (unpaired) electrons. The highest BCUT2D eigenvalue weighted by molar-refractivity contribution is 5.81. The number of carboxylic acid groups (broad SMARTS) is 1. The molecule has 6 heteroatoms. The molecule has 0 amide bonds. The number of aromatic amines is 1. The van der Waals surface area contributed by atoms with E-state index in [1.807, 2.05) is 0 Å². The maximum Gasteiger partial charge on any atom is 0.416 e. The van der Waals surface area contributed by atoms with Crippen LogP contribution in [0.1, 0.15) is 18.2 Å². The van der Waals surface area contributed by atoms with Crippen molar-refractivity contribution < 1.29 is 23.1 Å². The Hall–Kier alpha value is -1.98. The van der Waals surface area contributed by atoms with Gasteiger partial charge >= 0.3 is 12.1 Å². The molecule has 0 fully saturated rings. The SMILES string of the molecule is CC(Cc1cc2cc(C(F)(F)F)ccc2[nH]1)C(=O)O. The summed E-state index contributed by atoms with van der Waals surface area (Å²) in [7, 11) is 0. The Morgan fingerprint density at radius 1 is 1.37 bits per heavy atom. The second-order valence-corrected chi connectivity index (χ2v) is 4.54. The van der Waals surface area contributed by atoms with Crippen LogP contribution >= 0.6 is 0 Å². The molecule has 0 saturated heterocycles. The van der Waals surface area contributed by atoms with Gasteiger partial charge in [0.1, 0.15) is 0 Å². The maximum absolute atomic E-state index is 12.6. The van der Waals surface area contributed by atoms with Crippen molar-refractivity contribution in [1.29, 1.82) is 0 Å². The summed E-state index contributed by atoms with van der Waals surface area (Å²) in [6.45, 7) is 1.55. The first-order chi connectivity index (χ1) is 8.77. The summed E-state index contributed by atoms with van der Waals surface area (Å²) in [5, 5.41) is 9.24. The predicted molar refractivity (Wildman–Crippen MR) is 63.8 cm³/mol. The van der Waals surface area contributed by atoms with Gasteiger partial charge in [-0.25, -0.2) is 0 Å². The van der Waals surface area contributed by atoms with Crippen LogP contribution in [0, 0.1) is 5.92 Å². The fourth-order valence-electron chi connectivity index (χ4n) is 1.90. The molecular formula is C13H12F3NO2. The molecule has 1 unspecified atom stereocenters. The molecule has 3 nitrogen and oxygen atoms in total. The Kier molecular flexibility index (Phi) is 3.26. The first-order valence-corrected chi connectivity index (χ1v) is 5.69. The van der Waals surface area contributed by atoms with Crippen molar-refractivity contribution in [2.75, 3.05) is 0 Å². The number of carbonyl (C=O) groups is 1. The molecule has 2 N–H and O–H groups in total. The summed E-state index contributed by atoms with van der Waals surface area (Å²) in [5.74, 6) is -1.52. The first kappa shape index (κ1) is 13.5. The Balaban J connectivity index is 2.33. The fourth-order valence-corrected chi connectivity index (χ4v) is 1.90. The number of aliphatic carboxylic acids is 1. The highest BCUT2D eigenvalue weighted by atomic mass is 19.4. The van der Waals surface area contributed by atoms with Crippen LogP contribution in [0.3, 0.4) is 0 Å². The van der Waals surface area contributed by atoms with Crippen molar-refractivity contribution in [3.8, 4) is 0 Å². The van der Waals surface area contributed by atoms with Gasteiger partial charge < -0.3 is 10.1 Å². The lowest BCUT2D eigenvalue weighted by molar-refractivity contribution is -0.141. The number of rotatable bonds is 3. The van der Waals surface area contributed by atoms with E-state index in [-0.39, 0.29) is 6.42 Å². The normalized spacial score (nSPS) is 13.7. The van der Waals surface area contributed by atoms with Crippen LogP contribution in [-0.4, -0.2) is 16.1 Å². The van der Waals surface area contributed by atoms with E-state index >= 15 is 0 Å². The minimum Gasteiger partial charge on any atom is -0.481 e. The van der Waals surface area contributed by atoms with Crippen LogP contribution in [0.2, 0.25) is 0 Å². The van der Waals surface area contributed by atoms with Crippen molar-refractivity contribution >= 4 is 16.9 Å². The molecule has 1 aromatic carbocycles. The molecule has 2 rings (SSSR count). The lowest BCUT2D eigenvalue weighted by Crippen LogP contribution is -2.12. The highest BCUT2D eigenvalue weighted by Gasteiger charge is 2.30. The summed E-state index contributed by atoms with van der Waals surface area (Å²) in [6.07, 6.45) is -4.12. The number of fused-ring (bicyclic) bond motifs is 1. The van der Waals surface area contributed by atoms with Crippen molar-refractivity contribution in [3.05, 3.63) is 35.5 Å². The second kappa shape index (κ2) is 4.60. The van der Waals surface area contributed by atoms with Crippen molar-refractivity contribution in [1.82, 2.24) is 4.98 Å². The van der Waals surface area contributed by atoms with E-state index in [9.17, 15) is 18.0 Å². The molecule has 1 atom stereocenters. The second-order valence-electron chi connectivity index (χ2n) is 4.54. The Labute approximate surface area is 107 Å². The smallest absolute Gasteiger partial charge is 0.416 e. The Bertz CT molecular complexity index is 616. The first-order valence-electron chi connectivity index (χ1n) is 5.69. The molecule has 102 valence electrons. The molecule has 0 aliphatic rings. The quantitative estimate of drug-likeness (QED) is 0.898. The number of hydrogen-bond donors (Lipinski definition) is 2. The van der Waals surface area contributed by atoms with Crippen LogP contribution in [0.25, 0.3) is 10.9 Å². The molecule has 0 saturated carbocycles. The van der Waals surface area contributed by atoms with E-state index in [0.29, 0.717) is 16.6 Å². The monoisotopic (exact) mass is 271 g/mol. The topological polar surface area (TPSA) is 53.1 Å². The van der Waals surface area contributed by atoms with E-state index in [0.717, 1.165) is 12.1 Å². The van der Waals surface area contributed by atoms with Crippen LogP contribution in [-0.2, 0) is 17.4 Å². The summed E-state index contributed by atoms with van der Waals surface area (Å²) in [5.41, 5.74) is 0.474. The number of halogens is 3. The predicted octanol–water partition coefficient (Wildman–Crippen LogP) is 3.45. The van der Waals surface area contributed by atoms with E-state index < -0.39 is 23.6 Å². The largest absolute Gasteiger partial charge is 0.481 e. The van der Waals surface area contributed by atoms with Crippen molar-refractivity contribution in [3.63, 3.8) is 0 Å². The van der Waals surface area contributed by atoms with Gasteiger partial charge in [-0.2, -0.15) is 13.2 Å². The zero-order chi connectivity index (χ0) is 14.2. The summed E-state index contributed by atoms with van der Waals surface area (Å²) in [4.78, 5) is 13.7. The summed E-state index contributed by atoms with van der Waals surface area (Å²) < 4.78 is 37.7. The van der Waals surface area contributed by atoms with Gasteiger partial charge in [-0.3, -0.25) is 4.79 Å². The minimum atomic E-state index is -4.38. The molecule has 0 spiro atoms. The van der Waals surface area contributed by atoms with Gasteiger partial charge in [-0.15, -0.1) is 0 Å². The summed E-state index contributed by atoms with van der Waals surface area (Å²) in [6, 6.07) is 4.97. The zero-order valence-electron chi connectivity index (χ0n) is 10.1.